The summed E-state index contributed by atoms with van der Waals surface area (Å²) in [4.78, 5) is 35.6. The predicted octanol–water partition coefficient (Wildman–Crippen LogP) is 2.63. The monoisotopic (exact) mass is 337 g/mol. The van der Waals surface area contributed by atoms with Crippen LogP contribution in [0.25, 0.3) is 0 Å². The van der Waals surface area contributed by atoms with Crippen LogP contribution in [-0.2, 0) is 27.2 Å². The van der Waals surface area contributed by atoms with Crippen LogP contribution in [-0.4, -0.2) is 29.6 Å². The maximum atomic E-state index is 12.2. The molecule has 0 spiro atoms. The van der Waals surface area contributed by atoms with Crippen molar-refractivity contribution in [2.24, 2.45) is 5.92 Å². The second-order valence-electron chi connectivity index (χ2n) is 5.44. The van der Waals surface area contributed by atoms with Gasteiger partial charge in [-0.25, -0.2) is 9.59 Å². The van der Waals surface area contributed by atoms with Crippen molar-refractivity contribution < 1.29 is 24.2 Å². The molecule has 1 atom stereocenters. The Hall–Kier alpha value is -2.15. The number of rotatable bonds is 5. The average molecular weight is 337 g/mol. The quantitative estimate of drug-likeness (QED) is 0.636. The lowest BCUT2D eigenvalue weighted by molar-refractivity contribution is -0.131. The fourth-order valence-corrected chi connectivity index (χ4v) is 3.96. The molecular weight excluding hydrogens is 318 g/mol. The van der Waals surface area contributed by atoms with Gasteiger partial charge in [-0.2, -0.15) is 0 Å². The van der Waals surface area contributed by atoms with Crippen molar-refractivity contribution in [1.82, 2.24) is 0 Å². The van der Waals surface area contributed by atoms with E-state index in [1.165, 1.54) is 11.3 Å². The van der Waals surface area contributed by atoms with Crippen molar-refractivity contribution in [2.75, 3.05) is 11.9 Å². The van der Waals surface area contributed by atoms with E-state index in [2.05, 4.69) is 12.2 Å². The smallest absolute Gasteiger partial charge is 0.341 e. The molecule has 1 aliphatic carbocycles. The highest BCUT2D eigenvalue weighted by Gasteiger charge is 2.28. The second-order valence-corrected chi connectivity index (χ2v) is 6.54. The van der Waals surface area contributed by atoms with Crippen LogP contribution in [0, 0.1) is 5.92 Å². The minimum Gasteiger partial charge on any atom is -0.478 e. The zero-order valence-corrected chi connectivity index (χ0v) is 13.9. The lowest BCUT2D eigenvalue weighted by Crippen LogP contribution is -2.15. The lowest BCUT2D eigenvalue weighted by atomic mass is 9.88. The van der Waals surface area contributed by atoms with E-state index in [4.69, 9.17) is 9.84 Å². The lowest BCUT2D eigenvalue weighted by Gasteiger charge is -2.18. The van der Waals surface area contributed by atoms with E-state index >= 15 is 0 Å². The van der Waals surface area contributed by atoms with Gasteiger partial charge in [0.2, 0.25) is 5.91 Å². The van der Waals surface area contributed by atoms with Gasteiger partial charge in [0.1, 0.15) is 5.00 Å². The first-order valence-electron chi connectivity index (χ1n) is 7.46. The molecule has 0 radical (unpaired) electrons. The number of carboxylic acid groups (broad SMARTS) is 1. The highest BCUT2D eigenvalue weighted by molar-refractivity contribution is 7.17. The maximum absolute atomic E-state index is 12.2. The molecule has 0 saturated carbocycles. The molecule has 0 fully saturated rings. The molecule has 2 N–H and O–H groups in total. The number of anilines is 1. The van der Waals surface area contributed by atoms with Crippen LogP contribution < -0.4 is 5.32 Å². The predicted molar refractivity (Wildman–Crippen MR) is 86.9 cm³/mol. The van der Waals surface area contributed by atoms with E-state index in [-0.39, 0.29) is 6.61 Å². The van der Waals surface area contributed by atoms with E-state index in [1.54, 1.807) is 6.92 Å². The van der Waals surface area contributed by atoms with Crippen LogP contribution in [0.3, 0.4) is 0 Å². The first-order valence-corrected chi connectivity index (χ1v) is 8.27. The van der Waals surface area contributed by atoms with Gasteiger partial charge in [-0.3, -0.25) is 4.79 Å². The third-order valence-electron chi connectivity index (χ3n) is 3.61. The number of fused-ring (bicyclic) bond motifs is 1. The molecule has 0 aliphatic heterocycles. The third-order valence-corrected chi connectivity index (χ3v) is 4.78. The van der Waals surface area contributed by atoms with E-state index in [0.29, 0.717) is 16.5 Å². The zero-order valence-electron chi connectivity index (χ0n) is 13.0. The normalized spacial score (nSPS) is 16.9. The number of hydrogen-bond donors (Lipinski definition) is 2. The Labute approximate surface area is 138 Å². The summed E-state index contributed by atoms with van der Waals surface area (Å²) in [6.07, 6.45) is 4.32. The molecule has 6 nitrogen and oxygen atoms in total. The highest BCUT2D eigenvalue weighted by atomic mass is 32.1. The second kappa shape index (κ2) is 7.41. The Morgan fingerprint density at radius 1 is 1.39 bits per heavy atom. The molecule has 0 unspecified atom stereocenters. The number of esters is 1. The van der Waals surface area contributed by atoms with E-state index in [0.717, 1.165) is 41.9 Å². The molecule has 0 aromatic carbocycles. The summed E-state index contributed by atoms with van der Waals surface area (Å²) < 4.78 is 5.10. The minimum atomic E-state index is -1.20. The van der Waals surface area contributed by atoms with Gasteiger partial charge in [-0.15, -0.1) is 11.3 Å². The summed E-state index contributed by atoms with van der Waals surface area (Å²) >= 11 is 1.37. The number of amides is 1. The van der Waals surface area contributed by atoms with Gasteiger partial charge in [0.15, 0.2) is 0 Å². The molecule has 1 aromatic rings. The average Bonchev–Trinajstić information content (AvgIpc) is 2.82. The van der Waals surface area contributed by atoms with Crippen molar-refractivity contribution in [1.29, 1.82) is 0 Å². The largest absolute Gasteiger partial charge is 0.478 e. The summed E-state index contributed by atoms with van der Waals surface area (Å²) in [5, 5.41) is 11.6. The summed E-state index contributed by atoms with van der Waals surface area (Å²) in [6.45, 7) is 4.14. The number of aliphatic carboxylic acids is 1. The molecular formula is C16H19NO5S. The van der Waals surface area contributed by atoms with Crippen molar-refractivity contribution in [3.8, 4) is 0 Å². The fraction of sp³-hybridized carbons (Fsp3) is 0.438. The van der Waals surface area contributed by atoms with Crippen molar-refractivity contribution >= 4 is 34.2 Å². The Bertz CT molecular complexity index is 662. The Balaban J connectivity index is 2.32. The number of ether oxygens (including phenoxy) is 1. The van der Waals surface area contributed by atoms with E-state index in [9.17, 15) is 14.4 Å². The number of hydrogen-bond acceptors (Lipinski definition) is 5. The molecule has 1 aliphatic rings. The maximum Gasteiger partial charge on any atom is 0.341 e. The van der Waals surface area contributed by atoms with Crippen LogP contribution in [0.5, 0.6) is 0 Å². The van der Waals surface area contributed by atoms with Gasteiger partial charge < -0.3 is 15.2 Å². The van der Waals surface area contributed by atoms with Gasteiger partial charge in [0.25, 0.3) is 0 Å². The Morgan fingerprint density at radius 3 is 2.78 bits per heavy atom. The number of carboxylic acids is 1. The summed E-state index contributed by atoms with van der Waals surface area (Å²) in [7, 11) is 0. The standard InChI is InChI=1S/C16H19NO5S/c1-3-22-16(21)14-10-5-4-9(2)8-11(10)23-15(14)17-12(18)6-7-13(19)20/h6-7,9H,3-5,8H2,1-2H3,(H,17,18)(H,19,20)/t9-/m1/s1. The number of carbonyl (C=O) groups excluding carboxylic acids is 2. The molecule has 0 bridgehead atoms. The summed E-state index contributed by atoms with van der Waals surface area (Å²) in [5.74, 6) is -1.70. The molecule has 1 aromatic heterocycles. The molecule has 124 valence electrons. The van der Waals surface area contributed by atoms with Crippen LogP contribution in [0.15, 0.2) is 12.2 Å². The topological polar surface area (TPSA) is 92.7 Å². The summed E-state index contributed by atoms with van der Waals surface area (Å²) in [6, 6.07) is 0. The Morgan fingerprint density at radius 2 is 2.13 bits per heavy atom. The number of thiophene rings is 1. The SMILES string of the molecule is CCOC(=O)c1c(NC(=O)C=CC(=O)O)sc2c1CC[C@@H](C)C2. The molecule has 23 heavy (non-hydrogen) atoms. The zero-order chi connectivity index (χ0) is 17.0. The van der Waals surface area contributed by atoms with E-state index < -0.39 is 17.8 Å². The first kappa shape index (κ1) is 17.2. The molecule has 0 saturated heterocycles. The van der Waals surface area contributed by atoms with Gasteiger partial charge in [-0.1, -0.05) is 6.92 Å². The molecule has 7 heteroatoms. The van der Waals surface area contributed by atoms with Crippen molar-refractivity contribution in [3.05, 3.63) is 28.2 Å². The van der Waals surface area contributed by atoms with Gasteiger partial charge in [0.05, 0.1) is 12.2 Å². The van der Waals surface area contributed by atoms with Crippen molar-refractivity contribution in [2.45, 2.75) is 33.1 Å². The van der Waals surface area contributed by atoms with Crippen LogP contribution in [0.2, 0.25) is 0 Å². The fourth-order valence-electron chi connectivity index (χ4n) is 2.56. The van der Waals surface area contributed by atoms with Crippen LogP contribution in [0.1, 0.15) is 41.1 Å². The van der Waals surface area contributed by atoms with Crippen molar-refractivity contribution in [3.63, 3.8) is 0 Å². The molecule has 1 amide bonds. The van der Waals surface area contributed by atoms with Crippen LogP contribution in [0.4, 0.5) is 5.00 Å². The van der Waals surface area contributed by atoms with Gasteiger partial charge >= 0.3 is 11.9 Å². The van der Waals surface area contributed by atoms with E-state index in [1.807, 2.05) is 0 Å². The van der Waals surface area contributed by atoms with Crippen LogP contribution >= 0.6 is 11.3 Å². The highest BCUT2D eigenvalue weighted by Crippen LogP contribution is 2.40. The Kier molecular flexibility index (Phi) is 5.54. The van der Waals surface area contributed by atoms with Gasteiger partial charge in [-0.05, 0) is 37.7 Å². The number of nitrogens with one attached hydrogen (secondary N) is 1. The first-order chi connectivity index (χ1) is 10.9. The minimum absolute atomic E-state index is 0.256. The molecule has 2 rings (SSSR count). The third kappa shape index (κ3) is 4.19. The summed E-state index contributed by atoms with van der Waals surface area (Å²) in [5.41, 5.74) is 1.36. The number of carbonyl (C=O) groups is 3. The molecule has 1 heterocycles. The van der Waals surface area contributed by atoms with Gasteiger partial charge in [0, 0.05) is 17.0 Å².